The van der Waals surface area contributed by atoms with E-state index in [9.17, 15) is 14.4 Å². The maximum absolute atomic E-state index is 13.4. The van der Waals surface area contributed by atoms with Crippen molar-refractivity contribution >= 4 is 46.5 Å². The van der Waals surface area contributed by atoms with Gasteiger partial charge in [-0.15, -0.1) is 0 Å². The van der Waals surface area contributed by atoms with Crippen molar-refractivity contribution in [2.45, 2.75) is 98.5 Å². The third-order valence-corrected chi connectivity index (χ3v) is 8.42. The molecule has 11 heteroatoms. The van der Waals surface area contributed by atoms with Gasteiger partial charge >= 0.3 is 6.09 Å². The van der Waals surface area contributed by atoms with Gasteiger partial charge < -0.3 is 19.1 Å². The SMILES string of the molecule is C[C@H](N(Cc1ccc2c(c1)nc(NC(=O)c1ccc(Cl)cc1)n2CC1CCCN1C(=O)CC#N)C(=O)OC(C)(C)C)C(C)(C)C. The van der Waals surface area contributed by atoms with Gasteiger partial charge in [0.1, 0.15) is 12.0 Å². The number of benzene rings is 2. The molecule has 0 saturated carbocycles. The molecule has 0 bridgehead atoms. The van der Waals surface area contributed by atoms with Crippen LogP contribution in [-0.4, -0.2) is 61.5 Å². The topological polar surface area (TPSA) is 121 Å². The molecule has 3 aromatic rings. The van der Waals surface area contributed by atoms with Gasteiger partial charge in [0.15, 0.2) is 0 Å². The van der Waals surface area contributed by atoms with Crippen LogP contribution in [0.1, 0.15) is 83.7 Å². The summed E-state index contributed by atoms with van der Waals surface area (Å²) in [7, 11) is 0. The fraction of sp³-hybridized carbons (Fsp3) is 0.500. The van der Waals surface area contributed by atoms with Crippen LogP contribution in [-0.2, 0) is 22.6 Å². The molecule has 1 aromatic heterocycles. The molecule has 240 valence electrons. The molecule has 45 heavy (non-hydrogen) atoms. The molecule has 2 atom stereocenters. The zero-order valence-electron chi connectivity index (χ0n) is 27.2. The molecule has 0 radical (unpaired) electrons. The molecular weight excluding hydrogens is 592 g/mol. The average Bonchev–Trinajstić information content (AvgIpc) is 3.54. The van der Waals surface area contributed by atoms with Crippen molar-refractivity contribution in [3.8, 4) is 6.07 Å². The lowest BCUT2D eigenvalue weighted by molar-refractivity contribution is -0.131. The van der Waals surface area contributed by atoms with Crippen molar-refractivity contribution in [3.63, 3.8) is 0 Å². The predicted octanol–water partition coefficient (Wildman–Crippen LogP) is 7.02. The Kier molecular flexibility index (Phi) is 10.1. The Labute approximate surface area is 270 Å². The molecule has 1 saturated heterocycles. The van der Waals surface area contributed by atoms with Gasteiger partial charge in [0, 0.05) is 42.3 Å². The maximum atomic E-state index is 13.4. The zero-order valence-corrected chi connectivity index (χ0v) is 27.9. The number of halogens is 1. The van der Waals surface area contributed by atoms with Crippen LogP contribution in [0.4, 0.5) is 10.7 Å². The molecule has 1 aliphatic heterocycles. The Hall–Kier alpha value is -4.10. The highest BCUT2D eigenvalue weighted by Gasteiger charge is 2.33. The summed E-state index contributed by atoms with van der Waals surface area (Å²) in [5.41, 5.74) is 1.86. The predicted molar refractivity (Wildman–Crippen MR) is 175 cm³/mol. The number of imidazole rings is 1. The molecule has 0 spiro atoms. The van der Waals surface area contributed by atoms with Crippen LogP contribution in [0.15, 0.2) is 42.5 Å². The van der Waals surface area contributed by atoms with Crippen LogP contribution in [0.2, 0.25) is 5.02 Å². The van der Waals surface area contributed by atoms with E-state index in [0.29, 0.717) is 41.7 Å². The third-order valence-electron chi connectivity index (χ3n) is 8.17. The van der Waals surface area contributed by atoms with Crippen molar-refractivity contribution in [2.24, 2.45) is 5.41 Å². The molecular formula is C34H43ClN6O4. The number of likely N-dealkylation sites (tertiary alicyclic amines) is 1. The van der Waals surface area contributed by atoms with Gasteiger partial charge in [0.05, 0.1) is 17.1 Å². The quantitative estimate of drug-likeness (QED) is 0.284. The highest BCUT2D eigenvalue weighted by Crippen LogP contribution is 2.30. The highest BCUT2D eigenvalue weighted by molar-refractivity contribution is 6.30. The number of nitriles is 1. The molecule has 4 rings (SSSR count). The minimum Gasteiger partial charge on any atom is -0.444 e. The van der Waals surface area contributed by atoms with Crippen LogP contribution in [0.3, 0.4) is 0 Å². The van der Waals surface area contributed by atoms with Crippen LogP contribution in [0.25, 0.3) is 11.0 Å². The van der Waals surface area contributed by atoms with Crippen LogP contribution in [0, 0.1) is 16.7 Å². The number of carbonyl (C=O) groups is 3. The second-order valence-electron chi connectivity index (χ2n) is 13.7. The van der Waals surface area contributed by atoms with Crippen molar-refractivity contribution in [1.29, 1.82) is 5.26 Å². The molecule has 3 amide bonds. The summed E-state index contributed by atoms with van der Waals surface area (Å²) in [6, 6.07) is 14.1. The molecule has 1 aliphatic rings. The third kappa shape index (κ3) is 8.34. The van der Waals surface area contributed by atoms with Crippen LogP contribution < -0.4 is 5.32 Å². The monoisotopic (exact) mass is 634 g/mol. The van der Waals surface area contributed by atoms with Gasteiger partial charge in [-0.1, -0.05) is 38.4 Å². The number of nitrogens with zero attached hydrogens (tertiary/aromatic N) is 5. The second kappa shape index (κ2) is 13.5. The van der Waals surface area contributed by atoms with Gasteiger partial charge in [-0.2, -0.15) is 5.26 Å². The van der Waals surface area contributed by atoms with Crippen molar-refractivity contribution in [2.75, 3.05) is 11.9 Å². The standard InChI is InChI=1S/C34H43ClN6O4/c1-22(33(2,3)4)40(32(44)45-34(5,6)7)20-23-10-15-28-27(19-23)37-31(38-30(43)24-11-13-25(35)14-12-24)41(28)21-26-9-8-18-39(26)29(42)16-17-36/h10-15,19,22,26H,8-9,16,18,20-21H2,1-7H3,(H,37,38,43)/t22-,26?/m0/s1. The van der Waals surface area contributed by atoms with Crippen molar-refractivity contribution in [3.05, 3.63) is 58.6 Å². The molecule has 0 aliphatic carbocycles. The van der Waals surface area contributed by atoms with E-state index in [2.05, 4.69) is 26.1 Å². The number of ether oxygens (including phenoxy) is 1. The summed E-state index contributed by atoms with van der Waals surface area (Å²) in [6.45, 7) is 15.1. The van der Waals surface area contributed by atoms with E-state index in [1.165, 1.54) is 0 Å². The summed E-state index contributed by atoms with van der Waals surface area (Å²) in [6.07, 6.45) is 1.04. The van der Waals surface area contributed by atoms with E-state index in [-0.39, 0.29) is 35.7 Å². The number of amides is 3. The van der Waals surface area contributed by atoms with E-state index in [0.717, 1.165) is 23.9 Å². The van der Waals surface area contributed by atoms with Gasteiger partial charge in [-0.25, -0.2) is 9.78 Å². The lowest BCUT2D eigenvalue weighted by Gasteiger charge is -2.38. The summed E-state index contributed by atoms with van der Waals surface area (Å²) in [5.74, 6) is -0.204. The minimum atomic E-state index is -0.643. The Morgan fingerprint density at radius 3 is 2.44 bits per heavy atom. The molecule has 1 N–H and O–H groups in total. The Morgan fingerprint density at radius 2 is 1.82 bits per heavy atom. The van der Waals surface area contributed by atoms with E-state index in [1.54, 1.807) is 34.1 Å². The molecule has 10 nitrogen and oxygen atoms in total. The first kappa shape index (κ1) is 33.8. The number of fused-ring (bicyclic) bond motifs is 1. The Morgan fingerprint density at radius 1 is 1.13 bits per heavy atom. The van der Waals surface area contributed by atoms with Crippen molar-refractivity contribution in [1.82, 2.24) is 19.4 Å². The normalized spacial score (nSPS) is 15.9. The smallest absolute Gasteiger partial charge is 0.410 e. The van der Waals surface area contributed by atoms with Gasteiger partial charge in [-0.05, 0) is 87.9 Å². The number of rotatable bonds is 8. The summed E-state index contributed by atoms with van der Waals surface area (Å²) in [5, 5.41) is 12.6. The van der Waals surface area contributed by atoms with E-state index in [4.69, 9.17) is 26.6 Å². The first-order chi connectivity index (χ1) is 21.1. The Bertz CT molecular complexity index is 1600. The molecule has 2 aromatic carbocycles. The van der Waals surface area contributed by atoms with E-state index < -0.39 is 11.7 Å². The van der Waals surface area contributed by atoms with Crippen LogP contribution in [0.5, 0.6) is 0 Å². The first-order valence-electron chi connectivity index (χ1n) is 15.3. The number of hydrogen-bond acceptors (Lipinski definition) is 6. The van der Waals surface area contributed by atoms with Crippen LogP contribution >= 0.6 is 11.6 Å². The second-order valence-corrected chi connectivity index (χ2v) is 14.1. The highest BCUT2D eigenvalue weighted by atomic mass is 35.5. The van der Waals surface area contributed by atoms with Gasteiger partial charge in [0.25, 0.3) is 5.91 Å². The van der Waals surface area contributed by atoms with E-state index in [1.807, 2.05) is 56.5 Å². The number of anilines is 1. The molecule has 2 heterocycles. The lowest BCUT2D eigenvalue weighted by atomic mass is 9.87. The maximum Gasteiger partial charge on any atom is 0.410 e. The average molecular weight is 635 g/mol. The largest absolute Gasteiger partial charge is 0.444 e. The van der Waals surface area contributed by atoms with Gasteiger partial charge in [0.2, 0.25) is 11.9 Å². The van der Waals surface area contributed by atoms with Crippen molar-refractivity contribution < 1.29 is 19.1 Å². The zero-order chi connectivity index (χ0) is 33.1. The fourth-order valence-electron chi connectivity index (χ4n) is 5.41. The van der Waals surface area contributed by atoms with E-state index >= 15 is 0 Å². The minimum absolute atomic E-state index is 0.130. The first-order valence-corrected chi connectivity index (χ1v) is 15.7. The lowest BCUT2D eigenvalue weighted by Crippen LogP contribution is -2.47. The molecule has 1 fully saturated rings. The van der Waals surface area contributed by atoms with Gasteiger partial charge in [-0.3, -0.25) is 14.9 Å². The number of hydrogen-bond donors (Lipinski definition) is 1. The number of aromatic nitrogens is 2. The Balaban J connectivity index is 1.71. The summed E-state index contributed by atoms with van der Waals surface area (Å²) in [4.78, 5) is 47.6. The molecule has 1 unspecified atom stereocenters. The number of carbonyl (C=O) groups excluding carboxylic acids is 3. The summed E-state index contributed by atoms with van der Waals surface area (Å²) < 4.78 is 7.69. The summed E-state index contributed by atoms with van der Waals surface area (Å²) >= 11 is 6.03. The number of nitrogens with one attached hydrogen (secondary N) is 1. The fourth-order valence-corrected chi connectivity index (χ4v) is 5.53.